The van der Waals surface area contributed by atoms with Crippen LogP contribution in [0.15, 0.2) is 96.8 Å². The maximum atomic E-state index is 13.8. The van der Waals surface area contributed by atoms with Gasteiger partial charge in [-0.15, -0.1) is 11.7 Å². The number of oxime groups is 1. The number of aliphatic hydroxyl groups excluding tert-OH is 2. The summed E-state index contributed by atoms with van der Waals surface area (Å²) in [4.78, 5) is 20.0. The number of fused-ring (bicyclic) bond motifs is 2. The Morgan fingerprint density at radius 2 is 1.79 bits per heavy atom. The summed E-state index contributed by atoms with van der Waals surface area (Å²) >= 11 is 0. The van der Waals surface area contributed by atoms with Gasteiger partial charge in [-0.25, -0.2) is 9.48 Å². The molecule has 1 aromatic heterocycles. The summed E-state index contributed by atoms with van der Waals surface area (Å²) in [5.41, 5.74) is 2.96. The molecule has 0 unspecified atom stereocenters. The van der Waals surface area contributed by atoms with Crippen molar-refractivity contribution < 1.29 is 38.8 Å². The Labute approximate surface area is 329 Å². The van der Waals surface area contributed by atoms with E-state index < -0.39 is 29.3 Å². The van der Waals surface area contributed by atoms with E-state index in [-0.39, 0.29) is 56.3 Å². The largest absolute Gasteiger partial charge is 0.490 e. The van der Waals surface area contributed by atoms with E-state index in [2.05, 4.69) is 35.6 Å². The number of unbranched alkanes of at least 4 members (excludes halogenated alkanes) is 2. The van der Waals surface area contributed by atoms with E-state index in [9.17, 15) is 15.0 Å². The fourth-order valence-electron chi connectivity index (χ4n) is 8.53. The van der Waals surface area contributed by atoms with Crippen molar-refractivity contribution in [2.24, 2.45) is 22.9 Å². The highest BCUT2D eigenvalue weighted by molar-refractivity contribution is 6.02. The lowest BCUT2D eigenvalue weighted by Gasteiger charge is -2.58. The number of carbonyl (C=O) groups is 1. The lowest BCUT2D eigenvalue weighted by atomic mass is 9.55. The molecule has 3 aromatic rings. The number of aromatic nitrogens is 3. The van der Waals surface area contributed by atoms with E-state index in [0.717, 1.165) is 42.4 Å². The zero-order valence-corrected chi connectivity index (χ0v) is 32.8. The number of nitrogens with zero attached hydrogens (tertiary/aromatic N) is 4. The van der Waals surface area contributed by atoms with Gasteiger partial charge in [-0.05, 0) is 87.6 Å². The number of ether oxygens (including phenoxy) is 4. The van der Waals surface area contributed by atoms with Crippen molar-refractivity contribution in [3.63, 3.8) is 0 Å². The zero-order valence-electron chi connectivity index (χ0n) is 32.8. The van der Waals surface area contributed by atoms with Gasteiger partial charge in [0.2, 0.25) is 5.79 Å². The SMILES string of the molecule is C=CCOc1ccc2c(c1)[C@H]1[C@H](CCCCO)[C@@H](CCCCO)C=C3C(=NOCc4ccccc4)C[C@H](n4nncc4C(=O)OC(C)(C)C)[C@@](OCC=C)(O2)[C@H]31. The fraction of sp³-hybridized carbons (Fsp3) is 0.500. The molecule has 0 spiro atoms. The molecule has 3 aliphatic rings. The zero-order chi connectivity index (χ0) is 39.7. The summed E-state index contributed by atoms with van der Waals surface area (Å²) < 4.78 is 27.7. The number of rotatable bonds is 19. The average molecular weight is 769 g/mol. The van der Waals surface area contributed by atoms with Crippen LogP contribution in [0.25, 0.3) is 0 Å². The molecular formula is C44H56N4O8. The Hall–Kier alpha value is -4.78. The molecular weight excluding hydrogens is 713 g/mol. The fourth-order valence-corrected chi connectivity index (χ4v) is 8.53. The van der Waals surface area contributed by atoms with E-state index in [1.807, 2.05) is 63.2 Å². The Balaban J connectivity index is 1.59. The number of aliphatic hydroxyl groups is 2. The normalized spacial score (nSPS) is 24.6. The molecule has 2 heterocycles. The summed E-state index contributed by atoms with van der Waals surface area (Å²) in [5, 5.41) is 33.3. The first-order valence-electron chi connectivity index (χ1n) is 19.8. The third-order valence-corrected chi connectivity index (χ3v) is 10.7. The Bertz CT molecular complexity index is 1870. The standard InChI is InChI=1S/C44H56N4O8/c1-6-23-52-32-19-20-38-35(26-32)40-33(18-12-14-22-50)31(17-11-13-21-49)25-34-36(46-54-29-30-15-9-8-10-16-30)27-39(44(55-38,41(34)40)53-24-7-2)48-37(28-45-47-48)42(51)56-43(3,4)5/h6-10,15-16,19-20,25-26,28,31,33,39-41,49-50H,1-2,11-14,17-18,21-24,27,29H2,3-5H3/t31-,33+,39-,40+,41+,44+/m0/s1. The first-order valence-corrected chi connectivity index (χ1v) is 19.8. The van der Waals surface area contributed by atoms with E-state index >= 15 is 0 Å². The van der Waals surface area contributed by atoms with Crippen molar-refractivity contribution in [2.45, 2.75) is 95.7 Å². The quantitative estimate of drug-likeness (QED) is 0.0544. The highest BCUT2D eigenvalue weighted by Crippen LogP contribution is 2.63. The molecule has 56 heavy (non-hydrogen) atoms. The Morgan fingerprint density at radius 1 is 1.04 bits per heavy atom. The molecule has 0 radical (unpaired) electrons. The highest BCUT2D eigenvalue weighted by atomic mass is 16.7. The van der Waals surface area contributed by atoms with Crippen LogP contribution in [0.4, 0.5) is 0 Å². The topological polar surface area (TPSA) is 147 Å². The van der Waals surface area contributed by atoms with E-state index in [1.54, 1.807) is 16.8 Å². The minimum absolute atomic E-state index is 0.0734. The van der Waals surface area contributed by atoms with Crippen molar-refractivity contribution in [1.29, 1.82) is 0 Å². The van der Waals surface area contributed by atoms with E-state index in [0.29, 0.717) is 36.7 Å². The molecule has 6 rings (SSSR count). The minimum Gasteiger partial charge on any atom is -0.490 e. The molecule has 2 aliphatic carbocycles. The van der Waals surface area contributed by atoms with Crippen LogP contribution in [-0.4, -0.2) is 74.7 Å². The van der Waals surface area contributed by atoms with Gasteiger partial charge in [0.15, 0.2) is 5.69 Å². The van der Waals surface area contributed by atoms with E-state index in [1.165, 1.54) is 6.20 Å². The summed E-state index contributed by atoms with van der Waals surface area (Å²) in [6.45, 7) is 14.2. The smallest absolute Gasteiger partial charge is 0.358 e. The van der Waals surface area contributed by atoms with Crippen molar-refractivity contribution in [2.75, 3.05) is 26.4 Å². The number of allylic oxidation sites excluding steroid dienone is 1. The van der Waals surface area contributed by atoms with Gasteiger partial charge in [-0.3, -0.25) is 0 Å². The molecule has 2 N–H and O–H groups in total. The number of carbonyl (C=O) groups excluding carboxylic acids is 1. The predicted octanol–water partition coefficient (Wildman–Crippen LogP) is 7.50. The lowest BCUT2D eigenvalue weighted by molar-refractivity contribution is -0.252. The minimum atomic E-state index is -1.42. The molecule has 0 bridgehead atoms. The van der Waals surface area contributed by atoms with Crippen LogP contribution in [0.1, 0.15) is 99.3 Å². The summed E-state index contributed by atoms with van der Waals surface area (Å²) in [6.07, 6.45) is 12.0. The number of hydrogen-bond donors (Lipinski definition) is 2. The third kappa shape index (κ3) is 8.93. The molecule has 2 aromatic carbocycles. The van der Waals surface area contributed by atoms with Gasteiger partial charge < -0.3 is 34.0 Å². The van der Waals surface area contributed by atoms with Gasteiger partial charge in [0.1, 0.15) is 36.4 Å². The molecule has 0 saturated heterocycles. The highest BCUT2D eigenvalue weighted by Gasteiger charge is 2.65. The second-order valence-corrected chi connectivity index (χ2v) is 15.7. The van der Waals surface area contributed by atoms with Crippen LogP contribution in [0.5, 0.6) is 11.5 Å². The molecule has 0 amide bonds. The van der Waals surface area contributed by atoms with Crippen molar-refractivity contribution in [3.8, 4) is 11.5 Å². The first-order chi connectivity index (χ1) is 27.1. The van der Waals surface area contributed by atoms with Crippen molar-refractivity contribution >= 4 is 11.7 Å². The third-order valence-electron chi connectivity index (χ3n) is 10.7. The van der Waals surface area contributed by atoms with Crippen LogP contribution in [0, 0.1) is 17.8 Å². The van der Waals surface area contributed by atoms with E-state index in [4.69, 9.17) is 28.9 Å². The molecule has 1 fully saturated rings. The van der Waals surface area contributed by atoms with Crippen LogP contribution in [-0.2, 0) is 20.9 Å². The van der Waals surface area contributed by atoms with Gasteiger partial charge in [-0.1, -0.05) is 78.3 Å². The molecule has 12 nitrogen and oxygen atoms in total. The van der Waals surface area contributed by atoms with Crippen LogP contribution in [0.3, 0.4) is 0 Å². The van der Waals surface area contributed by atoms with Gasteiger partial charge in [0, 0.05) is 31.1 Å². The number of esters is 1. The van der Waals surface area contributed by atoms with Gasteiger partial charge in [-0.2, -0.15) is 0 Å². The predicted molar refractivity (Wildman–Crippen MR) is 212 cm³/mol. The summed E-state index contributed by atoms with van der Waals surface area (Å²) in [6, 6.07) is 15.0. The Morgan fingerprint density at radius 3 is 2.50 bits per heavy atom. The molecule has 300 valence electrons. The van der Waals surface area contributed by atoms with Gasteiger partial charge in [0.25, 0.3) is 0 Å². The second-order valence-electron chi connectivity index (χ2n) is 15.7. The molecule has 1 saturated carbocycles. The van der Waals surface area contributed by atoms with Crippen molar-refractivity contribution in [3.05, 3.63) is 109 Å². The number of hydrogen-bond acceptors (Lipinski definition) is 11. The maximum Gasteiger partial charge on any atom is 0.358 e. The second kappa shape index (κ2) is 18.4. The maximum absolute atomic E-state index is 13.8. The molecule has 1 aliphatic heterocycles. The van der Waals surface area contributed by atoms with Crippen LogP contribution in [0.2, 0.25) is 0 Å². The van der Waals surface area contributed by atoms with Crippen LogP contribution >= 0.6 is 0 Å². The summed E-state index contributed by atoms with van der Waals surface area (Å²) in [5.74, 6) is -1.17. The van der Waals surface area contributed by atoms with Crippen LogP contribution < -0.4 is 9.47 Å². The van der Waals surface area contributed by atoms with Crippen molar-refractivity contribution in [1.82, 2.24) is 15.0 Å². The Kier molecular flexibility index (Phi) is 13.5. The lowest BCUT2D eigenvalue weighted by Crippen LogP contribution is -2.63. The average Bonchev–Trinajstić information content (AvgIpc) is 3.68. The van der Waals surface area contributed by atoms with Gasteiger partial charge in [0.05, 0.1) is 24.4 Å². The first kappa shape index (κ1) is 40.9. The molecule has 12 heteroatoms. The summed E-state index contributed by atoms with van der Waals surface area (Å²) in [7, 11) is 0. The van der Waals surface area contributed by atoms with Gasteiger partial charge >= 0.3 is 5.97 Å². The monoisotopic (exact) mass is 768 g/mol. The molecule has 6 atom stereocenters. The number of benzene rings is 2.